The lowest BCUT2D eigenvalue weighted by atomic mass is 10.3. The highest BCUT2D eigenvalue weighted by atomic mass is 16.4. The summed E-state index contributed by atoms with van der Waals surface area (Å²) in [5.41, 5.74) is 1.03. The van der Waals surface area contributed by atoms with Crippen molar-refractivity contribution >= 4 is 17.6 Å². The van der Waals surface area contributed by atoms with Gasteiger partial charge in [-0.15, -0.1) is 0 Å². The molecule has 0 unspecified atom stereocenters. The molecule has 0 atom stereocenters. The van der Waals surface area contributed by atoms with Gasteiger partial charge in [-0.2, -0.15) is 0 Å². The fourth-order valence-electron chi connectivity index (χ4n) is 2.13. The van der Waals surface area contributed by atoms with Crippen LogP contribution in [0.3, 0.4) is 0 Å². The summed E-state index contributed by atoms with van der Waals surface area (Å²) in [7, 11) is 1.71. The third-order valence-electron chi connectivity index (χ3n) is 3.37. The van der Waals surface area contributed by atoms with Crippen molar-refractivity contribution in [3.05, 3.63) is 46.4 Å². The Balaban J connectivity index is 2.33. The van der Waals surface area contributed by atoms with Gasteiger partial charge in [0.2, 0.25) is 5.91 Å². The van der Waals surface area contributed by atoms with Crippen molar-refractivity contribution in [1.82, 2.24) is 9.36 Å². The van der Waals surface area contributed by atoms with E-state index in [2.05, 4.69) is 5.32 Å². The summed E-state index contributed by atoms with van der Waals surface area (Å²) in [5.74, 6) is -1.84. The van der Waals surface area contributed by atoms with Crippen molar-refractivity contribution in [3.63, 3.8) is 0 Å². The number of hydrogen-bond donors (Lipinski definition) is 1. The number of carboxylic acids is 1. The summed E-state index contributed by atoms with van der Waals surface area (Å²) in [6.07, 6.45) is -0.619. The molecule has 1 amide bonds. The van der Waals surface area contributed by atoms with E-state index in [1.807, 2.05) is 18.2 Å². The molecule has 7 heteroatoms. The Morgan fingerprint density at radius 2 is 1.82 bits per heavy atom. The molecule has 0 bridgehead atoms. The fourth-order valence-corrected chi connectivity index (χ4v) is 2.13. The number of carbonyl (C=O) groups is 2. The highest BCUT2D eigenvalue weighted by molar-refractivity contribution is 5.92. The van der Waals surface area contributed by atoms with E-state index in [-0.39, 0.29) is 24.1 Å². The number of benzene rings is 1. The van der Waals surface area contributed by atoms with Gasteiger partial charge in [0.1, 0.15) is 5.69 Å². The Morgan fingerprint density at radius 1 is 1.18 bits per heavy atom. The maximum atomic E-state index is 12.5. The van der Waals surface area contributed by atoms with Crippen molar-refractivity contribution in [2.24, 2.45) is 7.05 Å². The minimum Gasteiger partial charge on any atom is -0.550 e. The van der Waals surface area contributed by atoms with Crippen LogP contribution in [0.1, 0.15) is 18.5 Å². The normalized spacial score (nSPS) is 10.5. The van der Waals surface area contributed by atoms with E-state index in [0.717, 1.165) is 0 Å². The van der Waals surface area contributed by atoms with E-state index < -0.39 is 11.9 Å². The Kier molecular flexibility index (Phi) is 4.45. The molecule has 0 fully saturated rings. The van der Waals surface area contributed by atoms with Crippen molar-refractivity contribution in [1.29, 1.82) is 0 Å². The molecule has 1 aromatic heterocycles. The summed E-state index contributed by atoms with van der Waals surface area (Å²) >= 11 is 0. The summed E-state index contributed by atoms with van der Waals surface area (Å²) in [4.78, 5) is 34.6. The van der Waals surface area contributed by atoms with E-state index in [1.165, 1.54) is 4.68 Å². The minimum atomic E-state index is -1.30. The number of carboxylic acid groups (broad SMARTS) is 1. The first-order valence-electron chi connectivity index (χ1n) is 6.75. The number of aromatic nitrogens is 2. The predicted molar refractivity (Wildman–Crippen MR) is 78.6 cm³/mol. The molecule has 2 rings (SSSR count). The van der Waals surface area contributed by atoms with Crippen molar-refractivity contribution < 1.29 is 14.7 Å². The number of carbonyl (C=O) groups excluding carboxylic acids is 2. The predicted octanol–water partition coefficient (Wildman–Crippen LogP) is -0.0470. The Labute approximate surface area is 126 Å². The molecule has 2 aromatic rings. The zero-order valence-corrected chi connectivity index (χ0v) is 12.3. The van der Waals surface area contributed by atoms with Crippen LogP contribution in [0.15, 0.2) is 35.1 Å². The third kappa shape index (κ3) is 3.08. The molecule has 116 valence electrons. The first kappa shape index (κ1) is 15.6. The lowest BCUT2D eigenvalue weighted by Gasteiger charge is -2.07. The molecule has 1 N–H and O–H groups in total. The molecule has 7 nitrogen and oxygen atoms in total. The smallest absolute Gasteiger partial charge is 0.295 e. The van der Waals surface area contributed by atoms with Crippen LogP contribution < -0.4 is 16.0 Å². The fraction of sp³-hybridized carbons (Fsp3) is 0.267. The molecule has 0 aliphatic heterocycles. The lowest BCUT2D eigenvalue weighted by molar-refractivity contribution is -0.305. The van der Waals surface area contributed by atoms with Crippen LogP contribution in [-0.2, 0) is 16.6 Å². The van der Waals surface area contributed by atoms with Gasteiger partial charge in [-0.05, 0) is 25.5 Å². The molecule has 0 saturated heterocycles. The maximum absolute atomic E-state index is 12.5. The van der Waals surface area contributed by atoms with Crippen LogP contribution >= 0.6 is 0 Å². The van der Waals surface area contributed by atoms with Gasteiger partial charge < -0.3 is 15.2 Å². The van der Waals surface area contributed by atoms with Crippen LogP contribution in [0.2, 0.25) is 0 Å². The topological polar surface area (TPSA) is 96.2 Å². The monoisotopic (exact) mass is 302 g/mol. The highest BCUT2D eigenvalue weighted by Crippen LogP contribution is 2.14. The van der Waals surface area contributed by atoms with Gasteiger partial charge in [0.15, 0.2) is 0 Å². The summed E-state index contributed by atoms with van der Waals surface area (Å²) in [6.45, 7) is 1.70. The first-order chi connectivity index (χ1) is 10.4. The second kappa shape index (κ2) is 6.30. The molecular formula is C15H16N3O4-. The van der Waals surface area contributed by atoms with Crippen LogP contribution in [0.5, 0.6) is 0 Å². The lowest BCUT2D eigenvalue weighted by Crippen LogP contribution is -2.26. The number of amides is 1. The third-order valence-corrected chi connectivity index (χ3v) is 3.37. The van der Waals surface area contributed by atoms with Gasteiger partial charge in [-0.1, -0.05) is 18.2 Å². The molecule has 22 heavy (non-hydrogen) atoms. The van der Waals surface area contributed by atoms with Gasteiger partial charge in [0.05, 0.1) is 11.4 Å². The highest BCUT2D eigenvalue weighted by Gasteiger charge is 2.17. The standard InChI is InChI=1S/C15H17N3O4/c1-10-14(16-12(19)8-9-13(20)21)15(22)18(17(10)2)11-6-4-3-5-7-11/h3-7H,8-9H2,1-2H3,(H,16,19)(H,20,21)/p-1. The summed E-state index contributed by atoms with van der Waals surface area (Å²) < 4.78 is 3.07. The molecular weight excluding hydrogens is 286 g/mol. The zero-order valence-electron chi connectivity index (χ0n) is 12.3. The Hall–Kier alpha value is -2.83. The van der Waals surface area contributed by atoms with Crippen LogP contribution in [0.4, 0.5) is 5.69 Å². The molecule has 0 aliphatic rings. The molecule has 1 aromatic carbocycles. The minimum absolute atomic E-state index is 0.148. The van der Waals surface area contributed by atoms with E-state index >= 15 is 0 Å². The van der Waals surface area contributed by atoms with Crippen LogP contribution in [0.25, 0.3) is 5.69 Å². The molecule has 0 radical (unpaired) electrons. The van der Waals surface area contributed by atoms with Gasteiger partial charge in [0.25, 0.3) is 5.56 Å². The molecule has 0 spiro atoms. The number of aliphatic carboxylic acids is 1. The van der Waals surface area contributed by atoms with Crippen LogP contribution in [0, 0.1) is 6.92 Å². The van der Waals surface area contributed by atoms with Gasteiger partial charge in [-0.25, -0.2) is 4.68 Å². The largest absolute Gasteiger partial charge is 0.550 e. The van der Waals surface area contributed by atoms with Crippen molar-refractivity contribution in [2.75, 3.05) is 5.32 Å². The number of hydrogen-bond acceptors (Lipinski definition) is 4. The molecule has 0 aliphatic carbocycles. The number of anilines is 1. The number of para-hydroxylation sites is 1. The van der Waals surface area contributed by atoms with Gasteiger partial charge >= 0.3 is 0 Å². The van der Waals surface area contributed by atoms with Crippen LogP contribution in [-0.4, -0.2) is 21.2 Å². The van der Waals surface area contributed by atoms with Gasteiger partial charge in [-0.3, -0.25) is 14.3 Å². The number of nitrogens with zero attached hydrogens (tertiary/aromatic N) is 2. The summed E-state index contributed by atoms with van der Waals surface area (Å²) in [5, 5.41) is 12.9. The number of nitrogens with one attached hydrogen (secondary N) is 1. The SMILES string of the molecule is Cc1c(NC(=O)CCC(=O)[O-])c(=O)n(-c2ccccc2)n1C. The second-order valence-corrected chi connectivity index (χ2v) is 4.86. The number of rotatable bonds is 5. The Morgan fingerprint density at radius 3 is 2.41 bits per heavy atom. The van der Waals surface area contributed by atoms with Gasteiger partial charge in [0, 0.05) is 19.4 Å². The van der Waals surface area contributed by atoms with Crippen molar-refractivity contribution in [3.8, 4) is 5.69 Å². The van der Waals surface area contributed by atoms with E-state index in [9.17, 15) is 19.5 Å². The average Bonchev–Trinajstić information content (AvgIpc) is 2.70. The Bertz CT molecular complexity index is 759. The second-order valence-electron chi connectivity index (χ2n) is 4.86. The van der Waals surface area contributed by atoms with E-state index in [4.69, 9.17) is 0 Å². The van der Waals surface area contributed by atoms with E-state index in [1.54, 1.807) is 30.8 Å². The summed E-state index contributed by atoms with van der Waals surface area (Å²) in [6, 6.07) is 9.02. The average molecular weight is 302 g/mol. The van der Waals surface area contributed by atoms with E-state index in [0.29, 0.717) is 11.4 Å². The maximum Gasteiger partial charge on any atom is 0.295 e. The first-order valence-corrected chi connectivity index (χ1v) is 6.75. The molecule has 1 heterocycles. The van der Waals surface area contributed by atoms with Crippen molar-refractivity contribution in [2.45, 2.75) is 19.8 Å². The molecule has 0 saturated carbocycles. The quantitative estimate of drug-likeness (QED) is 0.837. The zero-order chi connectivity index (χ0) is 16.3.